The lowest BCUT2D eigenvalue weighted by atomic mass is 10.2. The SMILES string of the molecule is CC(=O)c1c(C)oc(-c2cccs2)nc1=S. The predicted octanol–water partition coefficient (Wildman–Crippen LogP) is 3.64. The van der Waals surface area contributed by atoms with Crippen LogP contribution in [0.5, 0.6) is 0 Å². The number of nitrogens with zero attached hydrogens (tertiary/aromatic N) is 1. The van der Waals surface area contributed by atoms with E-state index in [4.69, 9.17) is 16.6 Å². The summed E-state index contributed by atoms with van der Waals surface area (Å²) in [6.07, 6.45) is 0. The second-order valence-electron chi connectivity index (χ2n) is 3.29. The largest absolute Gasteiger partial charge is 0.441 e. The number of aromatic nitrogens is 1. The molecule has 0 unspecified atom stereocenters. The van der Waals surface area contributed by atoms with Gasteiger partial charge in [-0.1, -0.05) is 18.3 Å². The van der Waals surface area contributed by atoms with E-state index in [1.807, 2.05) is 17.5 Å². The average Bonchev–Trinajstić information content (AvgIpc) is 2.67. The zero-order chi connectivity index (χ0) is 11.7. The van der Waals surface area contributed by atoms with Crippen LogP contribution in [0.15, 0.2) is 21.9 Å². The number of ketones is 1. The Labute approximate surface area is 102 Å². The van der Waals surface area contributed by atoms with Crippen molar-refractivity contribution in [1.29, 1.82) is 0 Å². The fourth-order valence-electron chi connectivity index (χ4n) is 1.42. The van der Waals surface area contributed by atoms with Crippen molar-refractivity contribution < 1.29 is 9.21 Å². The van der Waals surface area contributed by atoms with Crippen LogP contribution in [-0.4, -0.2) is 10.8 Å². The van der Waals surface area contributed by atoms with Gasteiger partial charge in [0.25, 0.3) is 0 Å². The molecule has 16 heavy (non-hydrogen) atoms. The number of carbonyl (C=O) groups is 1. The quantitative estimate of drug-likeness (QED) is 0.603. The van der Waals surface area contributed by atoms with Crippen molar-refractivity contribution in [2.24, 2.45) is 0 Å². The first-order chi connectivity index (χ1) is 7.59. The van der Waals surface area contributed by atoms with E-state index >= 15 is 0 Å². The highest BCUT2D eigenvalue weighted by molar-refractivity contribution is 7.71. The maximum atomic E-state index is 11.3. The number of aryl methyl sites for hydroxylation is 1. The summed E-state index contributed by atoms with van der Waals surface area (Å²) in [5.74, 6) is 0.884. The van der Waals surface area contributed by atoms with Crippen LogP contribution < -0.4 is 0 Å². The molecule has 2 aromatic rings. The molecule has 2 rings (SSSR count). The van der Waals surface area contributed by atoms with Gasteiger partial charge in [0.15, 0.2) is 5.78 Å². The standard InChI is InChI=1S/C11H9NO2S2/c1-6(13)9-7(2)14-10(12-11(9)15)8-4-3-5-16-8/h3-5H,1-2H3. The summed E-state index contributed by atoms with van der Waals surface area (Å²) in [5.41, 5.74) is 0.398. The first-order valence-corrected chi connectivity index (χ1v) is 5.95. The molecule has 2 heterocycles. The molecular weight excluding hydrogens is 242 g/mol. The number of thiophene rings is 1. The fraction of sp³-hybridized carbons (Fsp3) is 0.182. The van der Waals surface area contributed by atoms with Crippen molar-refractivity contribution in [3.8, 4) is 10.8 Å². The van der Waals surface area contributed by atoms with Gasteiger partial charge < -0.3 is 4.42 Å². The molecule has 0 amide bonds. The minimum atomic E-state index is -0.114. The van der Waals surface area contributed by atoms with Crippen molar-refractivity contribution >= 4 is 29.3 Å². The average molecular weight is 251 g/mol. The minimum Gasteiger partial charge on any atom is -0.441 e. The minimum absolute atomic E-state index is 0.114. The molecule has 3 nitrogen and oxygen atoms in total. The summed E-state index contributed by atoms with van der Waals surface area (Å²) in [4.78, 5) is 16.4. The number of rotatable bonds is 2. The highest BCUT2D eigenvalue weighted by Gasteiger charge is 2.13. The lowest BCUT2D eigenvalue weighted by Gasteiger charge is -2.03. The second kappa shape index (κ2) is 4.27. The first-order valence-electron chi connectivity index (χ1n) is 4.66. The third-order valence-corrected chi connectivity index (χ3v) is 3.26. The topological polar surface area (TPSA) is 43.1 Å². The van der Waals surface area contributed by atoms with Gasteiger partial charge >= 0.3 is 0 Å². The Bertz CT molecular complexity index is 585. The summed E-state index contributed by atoms with van der Waals surface area (Å²) < 4.78 is 5.81. The Morgan fingerprint density at radius 2 is 2.31 bits per heavy atom. The molecule has 0 N–H and O–H groups in total. The van der Waals surface area contributed by atoms with Gasteiger partial charge in [-0.3, -0.25) is 4.79 Å². The van der Waals surface area contributed by atoms with Crippen LogP contribution in [-0.2, 0) is 0 Å². The molecule has 0 aliphatic heterocycles. The van der Waals surface area contributed by atoms with Crippen LogP contribution in [0.3, 0.4) is 0 Å². The van der Waals surface area contributed by atoms with Gasteiger partial charge in [0.05, 0.1) is 10.4 Å². The highest BCUT2D eigenvalue weighted by atomic mass is 32.1. The van der Waals surface area contributed by atoms with Gasteiger partial charge in [-0.15, -0.1) is 11.3 Å². The molecule has 0 saturated heterocycles. The Morgan fingerprint density at radius 3 is 2.81 bits per heavy atom. The summed E-state index contributed by atoms with van der Waals surface area (Å²) in [6, 6.07) is 3.81. The zero-order valence-corrected chi connectivity index (χ0v) is 10.4. The Balaban J connectivity index is 2.63. The van der Waals surface area contributed by atoms with Crippen molar-refractivity contribution in [2.45, 2.75) is 13.8 Å². The van der Waals surface area contributed by atoms with E-state index in [1.54, 1.807) is 6.92 Å². The highest BCUT2D eigenvalue weighted by Crippen LogP contribution is 2.24. The number of hydrogen-bond acceptors (Lipinski definition) is 5. The number of hydrogen-bond donors (Lipinski definition) is 0. The molecule has 0 fully saturated rings. The Hall–Kier alpha value is -1.33. The van der Waals surface area contributed by atoms with Gasteiger partial charge in [-0.25, -0.2) is 0 Å². The summed E-state index contributed by atoms with van der Waals surface area (Å²) in [7, 11) is 0. The molecule has 5 heteroatoms. The maximum absolute atomic E-state index is 11.3. The zero-order valence-electron chi connectivity index (χ0n) is 8.81. The van der Waals surface area contributed by atoms with Gasteiger partial charge in [-0.2, -0.15) is 4.98 Å². The summed E-state index contributed by atoms with van der Waals surface area (Å²) in [6.45, 7) is 3.19. The molecule has 0 spiro atoms. The maximum Gasteiger partial charge on any atom is 0.237 e. The monoisotopic (exact) mass is 251 g/mol. The van der Waals surface area contributed by atoms with E-state index in [1.165, 1.54) is 18.3 Å². The van der Waals surface area contributed by atoms with E-state index < -0.39 is 0 Å². The van der Waals surface area contributed by atoms with Crippen LogP contribution in [0.2, 0.25) is 0 Å². The van der Waals surface area contributed by atoms with Crippen molar-refractivity contribution in [3.63, 3.8) is 0 Å². The molecule has 0 saturated carbocycles. The molecule has 0 radical (unpaired) electrons. The Kier molecular flexibility index (Phi) is 2.98. The van der Waals surface area contributed by atoms with Crippen LogP contribution in [0, 0.1) is 11.6 Å². The molecule has 0 aliphatic carbocycles. The van der Waals surface area contributed by atoms with Crippen molar-refractivity contribution in [1.82, 2.24) is 4.98 Å². The molecule has 0 atom stereocenters. The Morgan fingerprint density at radius 1 is 1.56 bits per heavy atom. The molecular formula is C11H9NO2S2. The van der Waals surface area contributed by atoms with Crippen molar-refractivity contribution in [2.75, 3.05) is 0 Å². The molecule has 0 aromatic carbocycles. The summed E-state index contributed by atoms with van der Waals surface area (Å²) in [5, 5.41) is 1.93. The van der Waals surface area contributed by atoms with Crippen LogP contribution >= 0.6 is 23.6 Å². The first kappa shape index (κ1) is 11.2. The van der Waals surface area contributed by atoms with E-state index in [0.717, 1.165) is 4.88 Å². The van der Waals surface area contributed by atoms with Crippen LogP contribution in [0.4, 0.5) is 0 Å². The smallest absolute Gasteiger partial charge is 0.237 e. The fourth-order valence-corrected chi connectivity index (χ4v) is 2.44. The van der Waals surface area contributed by atoms with Gasteiger partial charge in [0.2, 0.25) is 5.89 Å². The number of carbonyl (C=O) groups excluding carboxylic acids is 1. The third-order valence-electron chi connectivity index (χ3n) is 2.10. The lowest BCUT2D eigenvalue weighted by Crippen LogP contribution is -2.00. The lowest BCUT2D eigenvalue weighted by molar-refractivity contribution is 0.101. The van der Waals surface area contributed by atoms with Gasteiger partial charge in [0, 0.05) is 0 Å². The second-order valence-corrected chi connectivity index (χ2v) is 4.62. The molecule has 2 aromatic heterocycles. The normalized spacial score (nSPS) is 10.4. The summed E-state index contributed by atoms with van der Waals surface area (Å²) >= 11 is 6.61. The van der Waals surface area contributed by atoms with Crippen molar-refractivity contribution in [3.05, 3.63) is 33.5 Å². The van der Waals surface area contributed by atoms with E-state index in [2.05, 4.69) is 4.98 Å². The predicted molar refractivity (Wildman–Crippen MR) is 65.4 cm³/mol. The molecule has 82 valence electrons. The van der Waals surface area contributed by atoms with E-state index in [-0.39, 0.29) is 5.78 Å². The van der Waals surface area contributed by atoms with Crippen LogP contribution in [0.25, 0.3) is 10.8 Å². The molecule has 0 bridgehead atoms. The van der Waals surface area contributed by atoms with Crippen LogP contribution in [0.1, 0.15) is 23.0 Å². The number of Topliss-reactive ketones (excluding diaryl/α,β-unsaturated/α-hetero) is 1. The van der Waals surface area contributed by atoms with Gasteiger partial charge in [0.1, 0.15) is 10.4 Å². The molecule has 0 aliphatic rings. The third kappa shape index (κ3) is 1.96. The van der Waals surface area contributed by atoms with E-state index in [9.17, 15) is 4.79 Å². The van der Waals surface area contributed by atoms with E-state index in [0.29, 0.717) is 21.9 Å². The van der Waals surface area contributed by atoms with Gasteiger partial charge in [-0.05, 0) is 25.3 Å².